The molecule has 0 radical (unpaired) electrons. The highest BCUT2D eigenvalue weighted by atomic mass is 32.2. The van der Waals surface area contributed by atoms with Crippen molar-refractivity contribution in [3.63, 3.8) is 0 Å². The molecule has 210 valence electrons. The van der Waals surface area contributed by atoms with Gasteiger partial charge in [0.1, 0.15) is 11.6 Å². The van der Waals surface area contributed by atoms with Crippen molar-refractivity contribution in [2.24, 2.45) is 11.8 Å². The van der Waals surface area contributed by atoms with Crippen LogP contribution in [0, 0.1) is 23.5 Å². The lowest BCUT2D eigenvalue weighted by Gasteiger charge is -2.35. The molecule has 0 N–H and O–H groups in total. The molecule has 0 aromatic heterocycles. The van der Waals surface area contributed by atoms with E-state index in [1.165, 1.54) is 36.4 Å². The molecule has 2 aliphatic rings. The van der Waals surface area contributed by atoms with Crippen molar-refractivity contribution in [3.05, 3.63) is 59.7 Å². The smallest absolute Gasteiger partial charge is 0.178 e. The number of hydrogen-bond acceptors (Lipinski definition) is 6. The van der Waals surface area contributed by atoms with Crippen LogP contribution < -0.4 is 0 Å². The number of nitrogens with zero attached hydrogens (tertiary/aromatic N) is 1. The third kappa shape index (κ3) is 8.02. The van der Waals surface area contributed by atoms with Crippen molar-refractivity contribution in [2.45, 2.75) is 54.2 Å². The Morgan fingerprint density at radius 1 is 0.895 bits per heavy atom. The SMILES string of the molecule is CS(=O)(=O)c1ccc(S(=O)(=O)CCC2CCN(CC[C@@H](c3cc(F)cc(F)c3)C3CCSCC3)CC2)cc1. The van der Waals surface area contributed by atoms with E-state index < -0.39 is 31.3 Å². The lowest BCUT2D eigenvalue weighted by molar-refractivity contribution is 0.171. The first kappa shape index (κ1) is 29.5. The molecule has 2 saturated heterocycles. The molecule has 38 heavy (non-hydrogen) atoms. The molecule has 0 amide bonds. The van der Waals surface area contributed by atoms with Crippen molar-refractivity contribution in [3.8, 4) is 0 Å². The van der Waals surface area contributed by atoms with Gasteiger partial charge in [-0.15, -0.1) is 0 Å². The van der Waals surface area contributed by atoms with Crippen LogP contribution in [0.5, 0.6) is 0 Å². The third-order valence-electron chi connectivity index (χ3n) is 8.02. The molecule has 0 saturated carbocycles. The van der Waals surface area contributed by atoms with Gasteiger partial charge in [0.15, 0.2) is 19.7 Å². The maximum atomic E-state index is 14.0. The fraction of sp³-hybridized carbons (Fsp3) is 0.571. The lowest BCUT2D eigenvalue weighted by atomic mass is 9.80. The first-order chi connectivity index (χ1) is 18.0. The van der Waals surface area contributed by atoms with Gasteiger partial charge in [0.2, 0.25) is 0 Å². The maximum absolute atomic E-state index is 14.0. The number of rotatable bonds is 10. The Kier molecular flexibility index (Phi) is 9.92. The van der Waals surface area contributed by atoms with Gasteiger partial charge in [-0.3, -0.25) is 0 Å². The van der Waals surface area contributed by atoms with Gasteiger partial charge in [-0.2, -0.15) is 11.8 Å². The second kappa shape index (κ2) is 12.8. The Morgan fingerprint density at radius 3 is 2.05 bits per heavy atom. The summed E-state index contributed by atoms with van der Waals surface area (Å²) in [6, 6.07) is 9.37. The number of benzene rings is 2. The summed E-state index contributed by atoms with van der Waals surface area (Å²) < 4.78 is 76.9. The normalized spacial score (nSPS) is 19.4. The summed E-state index contributed by atoms with van der Waals surface area (Å²) in [5.74, 6) is 2.09. The topological polar surface area (TPSA) is 71.5 Å². The number of likely N-dealkylation sites (tertiary alicyclic amines) is 1. The monoisotopic (exact) mass is 585 g/mol. The molecule has 2 heterocycles. The summed E-state index contributed by atoms with van der Waals surface area (Å²) in [6.07, 6.45) is 6.51. The van der Waals surface area contributed by atoms with E-state index in [1.807, 2.05) is 11.8 Å². The molecule has 2 fully saturated rings. The zero-order valence-electron chi connectivity index (χ0n) is 21.8. The molecule has 2 aromatic carbocycles. The molecule has 2 aromatic rings. The Balaban J connectivity index is 1.28. The highest BCUT2D eigenvalue weighted by Gasteiger charge is 2.28. The summed E-state index contributed by atoms with van der Waals surface area (Å²) in [4.78, 5) is 2.66. The van der Waals surface area contributed by atoms with Crippen LogP contribution in [0.15, 0.2) is 52.3 Å². The predicted molar refractivity (Wildman–Crippen MR) is 149 cm³/mol. The molecular formula is C28H37F2NO4S3. The minimum Gasteiger partial charge on any atom is -0.303 e. The van der Waals surface area contributed by atoms with E-state index in [9.17, 15) is 25.6 Å². The van der Waals surface area contributed by atoms with Crippen LogP contribution in [-0.4, -0.2) is 64.9 Å². The van der Waals surface area contributed by atoms with E-state index >= 15 is 0 Å². The van der Waals surface area contributed by atoms with E-state index in [0.29, 0.717) is 18.3 Å². The van der Waals surface area contributed by atoms with E-state index in [1.54, 1.807) is 0 Å². The van der Waals surface area contributed by atoms with Gasteiger partial charge < -0.3 is 4.90 Å². The summed E-state index contributed by atoms with van der Waals surface area (Å²) in [7, 11) is -6.85. The first-order valence-corrected chi connectivity index (χ1v) is 18.0. The van der Waals surface area contributed by atoms with Crippen molar-refractivity contribution < 1.29 is 25.6 Å². The Labute approximate surface area is 230 Å². The minimum atomic E-state index is -3.48. The van der Waals surface area contributed by atoms with Crippen LogP contribution >= 0.6 is 11.8 Å². The zero-order valence-corrected chi connectivity index (χ0v) is 24.3. The van der Waals surface area contributed by atoms with Crippen LogP contribution in [0.4, 0.5) is 8.78 Å². The summed E-state index contributed by atoms with van der Waals surface area (Å²) in [5.41, 5.74) is 0.768. The average molecular weight is 586 g/mol. The average Bonchev–Trinajstić information content (AvgIpc) is 2.88. The van der Waals surface area contributed by atoms with Crippen LogP contribution in [0.3, 0.4) is 0 Å². The number of sulfone groups is 2. The van der Waals surface area contributed by atoms with E-state index in [4.69, 9.17) is 0 Å². The Morgan fingerprint density at radius 2 is 1.47 bits per heavy atom. The van der Waals surface area contributed by atoms with Gasteiger partial charge in [0.25, 0.3) is 0 Å². The quantitative estimate of drug-likeness (QED) is 0.364. The lowest BCUT2D eigenvalue weighted by Crippen LogP contribution is -2.36. The third-order valence-corrected chi connectivity index (χ3v) is 12.0. The van der Waals surface area contributed by atoms with Gasteiger partial charge in [-0.05, 0) is 129 Å². The number of piperidine rings is 1. The highest BCUT2D eigenvalue weighted by molar-refractivity contribution is 7.99. The van der Waals surface area contributed by atoms with E-state index in [2.05, 4.69) is 4.90 Å². The van der Waals surface area contributed by atoms with Crippen LogP contribution in [0.25, 0.3) is 0 Å². The molecule has 2 aliphatic heterocycles. The Hall–Kier alpha value is -1.49. The van der Waals surface area contributed by atoms with Crippen molar-refractivity contribution in [2.75, 3.05) is 43.1 Å². The maximum Gasteiger partial charge on any atom is 0.178 e. The molecule has 0 unspecified atom stereocenters. The molecule has 10 heteroatoms. The van der Waals surface area contributed by atoms with Crippen LogP contribution in [0.1, 0.15) is 50.0 Å². The van der Waals surface area contributed by atoms with E-state index in [0.717, 1.165) is 81.1 Å². The molecule has 0 aliphatic carbocycles. The van der Waals surface area contributed by atoms with Crippen molar-refractivity contribution in [1.82, 2.24) is 4.90 Å². The fourth-order valence-electron chi connectivity index (χ4n) is 5.74. The number of halogens is 2. The summed E-state index contributed by atoms with van der Waals surface area (Å²) in [6.45, 7) is 2.64. The molecule has 4 rings (SSSR count). The largest absolute Gasteiger partial charge is 0.303 e. The van der Waals surface area contributed by atoms with E-state index in [-0.39, 0.29) is 21.5 Å². The van der Waals surface area contributed by atoms with Crippen LogP contribution in [-0.2, 0) is 19.7 Å². The first-order valence-electron chi connectivity index (χ1n) is 13.3. The van der Waals surface area contributed by atoms with Crippen LogP contribution in [0.2, 0.25) is 0 Å². The highest BCUT2D eigenvalue weighted by Crippen LogP contribution is 2.38. The molecule has 0 bridgehead atoms. The Bertz CT molecular complexity index is 1270. The van der Waals surface area contributed by atoms with Gasteiger partial charge >= 0.3 is 0 Å². The zero-order chi connectivity index (χ0) is 27.3. The fourth-order valence-corrected chi connectivity index (χ4v) is 8.94. The number of thioether (sulfide) groups is 1. The molecule has 5 nitrogen and oxygen atoms in total. The van der Waals surface area contributed by atoms with Crippen molar-refractivity contribution in [1.29, 1.82) is 0 Å². The van der Waals surface area contributed by atoms with Gasteiger partial charge in [-0.1, -0.05) is 0 Å². The van der Waals surface area contributed by atoms with Gasteiger partial charge in [0.05, 0.1) is 15.5 Å². The molecule has 0 spiro atoms. The van der Waals surface area contributed by atoms with Crippen molar-refractivity contribution >= 4 is 31.4 Å². The summed E-state index contributed by atoms with van der Waals surface area (Å²) >= 11 is 1.94. The number of hydrogen-bond donors (Lipinski definition) is 0. The van der Waals surface area contributed by atoms with Gasteiger partial charge in [-0.25, -0.2) is 25.6 Å². The standard InChI is InChI=1S/C28H37F2NO4S3/c1-37(32,33)26-2-4-27(5-3-26)38(34,35)17-11-21-6-12-31(13-7-21)14-8-28(22-9-15-36-16-10-22)23-18-24(29)20-25(30)19-23/h2-5,18-22,28H,6-17H2,1H3/t28-/m1/s1. The second-order valence-corrected chi connectivity index (χ2v) is 16.0. The minimum absolute atomic E-state index is 0.0444. The predicted octanol–water partition coefficient (Wildman–Crippen LogP) is 5.56. The summed E-state index contributed by atoms with van der Waals surface area (Å²) in [5, 5.41) is 0. The molecule has 1 atom stereocenters. The van der Waals surface area contributed by atoms with Gasteiger partial charge in [0, 0.05) is 12.3 Å². The molecular weight excluding hydrogens is 549 g/mol. The second-order valence-electron chi connectivity index (χ2n) is 10.7.